The Kier molecular flexibility index (Phi) is 15.8. The zero-order valence-electron chi connectivity index (χ0n) is 48.4. The number of hydrogen-bond donors (Lipinski definition) is 2. The molecule has 2 N–H and O–H groups in total. The molecular formula is C80H62O8. The van der Waals surface area contributed by atoms with Crippen molar-refractivity contribution >= 4 is 64.6 Å². The lowest BCUT2D eigenvalue weighted by molar-refractivity contribution is 0.202. The van der Waals surface area contributed by atoms with Crippen LogP contribution in [0.1, 0.15) is 0 Å². The van der Waals surface area contributed by atoms with Crippen molar-refractivity contribution in [3.63, 3.8) is 0 Å². The standard InChI is InChI=1S/C80H62O8/c81-43-45-83-69-37-29-55-19-7-11-23-63(55)75(69)77-65-25-13-9-21-57(65)31-39-71(77)85-47-49-87-73-41-33-61-51-59(53-15-3-1-4-16-53)27-35-67(61)79(73)80-68-36-28-60(54-17-5-2-6-18-54)52-62(68)34-42-74(80)88-50-48-86-72-40-32-58-22-10-14-26-66(58)78(72)76-64-24-12-8-20-56(64)30-38-70(76)84-46-44-82/h1-42,51-52,81-82H,43-50H2. The summed E-state index contributed by atoms with van der Waals surface area (Å²) in [5.41, 5.74) is 9.84. The Morgan fingerprint density at radius 1 is 0.193 bits per heavy atom. The SMILES string of the molecule is OCCOc1ccc2ccccc2c1-c1c(OCCOc2ccc3cc(-c4ccccc4)ccc3c2-c2c(OCCOc3ccc4ccccc4c3-c3c(OCCO)ccc4ccccc34)ccc3cc(-c4ccccc4)ccc23)ccc2ccccc12. The number of aliphatic hydroxyl groups excluding tert-OH is 2. The maximum atomic E-state index is 9.92. The molecule has 0 amide bonds. The summed E-state index contributed by atoms with van der Waals surface area (Å²) in [6.45, 7) is 0.916. The van der Waals surface area contributed by atoms with E-state index in [9.17, 15) is 10.2 Å². The Morgan fingerprint density at radius 2 is 0.432 bits per heavy atom. The molecule has 88 heavy (non-hydrogen) atoms. The molecule has 0 aromatic heterocycles. The van der Waals surface area contributed by atoms with Crippen LogP contribution in [0.25, 0.3) is 120 Å². The highest BCUT2D eigenvalue weighted by molar-refractivity contribution is 6.13. The van der Waals surface area contributed by atoms with E-state index in [1.165, 1.54) is 0 Å². The Balaban J connectivity index is 0.850. The van der Waals surface area contributed by atoms with Crippen LogP contribution in [0.5, 0.6) is 34.5 Å². The van der Waals surface area contributed by atoms with Gasteiger partial charge in [0.05, 0.1) is 13.2 Å². The van der Waals surface area contributed by atoms with Gasteiger partial charge in [0.2, 0.25) is 0 Å². The predicted octanol–water partition coefficient (Wildman–Crippen LogP) is 18.6. The second-order valence-electron chi connectivity index (χ2n) is 21.7. The van der Waals surface area contributed by atoms with E-state index in [2.05, 4.69) is 182 Å². The van der Waals surface area contributed by atoms with E-state index < -0.39 is 0 Å². The number of aliphatic hydroxyl groups is 2. The lowest BCUT2D eigenvalue weighted by Crippen LogP contribution is -2.12. The van der Waals surface area contributed by atoms with Crippen LogP contribution in [0, 0.1) is 0 Å². The van der Waals surface area contributed by atoms with E-state index in [1.807, 2.05) is 84.9 Å². The Labute approximate surface area is 510 Å². The van der Waals surface area contributed by atoms with Crippen LogP contribution in [0.15, 0.2) is 267 Å². The largest absolute Gasteiger partial charge is 0.491 e. The van der Waals surface area contributed by atoms with Gasteiger partial charge in [-0.2, -0.15) is 0 Å². The second-order valence-corrected chi connectivity index (χ2v) is 21.7. The molecule has 14 rings (SSSR count). The highest BCUT2D eigenvalue weighted by Crippen LogP contribution is 2.50. The Bertz CT molecular complexity index is 4540. The van der Waals surface area contributed by atoms with Crippen LogP contribution in [-0.2, 0) is 0 Å². The zero-order valence-corrected chi connectivity index (χ0v) is 48.4. The number of benzene rings is 14. The zero-order chi connectivity index (χ0) is 59.2. The lowest BCUT2D eigenvalue weighted by atomic mass is 9.90. The molecule has 0 bridgehead atoms. The predicted molar refractivity (Wildman–Crippen MR) is 359 cm³/mol. The van der Waals surface area contributed by atoms with Crippen LogP contribution in [0.4, 0.5) is 0 Å². The molecule has 14 aromatic carbocycles. The summed E-state index contributed by atoms with van der Waals surface area (Å²) in [7, 11) is 0. The molecule has 430 valence electrons. The minimum absolute atomic E-state index is 0.117. The fourth-order valence-electron chi connectivity index (χ4n) is 12.4. The molecule has 8 heteroatoms. The van der Waals surface area contributed by atoms with E-state index in [-0.39, 0.29) is 52.9 Å². The van der Waals surface area contributed by atoms with Crippen molar-refractivity contribution in [2.24, 2.45) is 0 Å². The Morgan fingerprint density at radius 3 is 0.716 bits per heavy atom. The van der Waals surface area contributed by atoms with Gasteiger partial charge in [-0.1, -0.05) is 218 Å². The highest BCUT2D eigenvalue weighted by atomic mass is 16.5. The normalized spacial score (nSPS) is 11.4. The maximum absolute atomic E-state index is 9.92. The molecule has 0 radical (unpaired) electrons. The van der Waals surface area contributed by atoms with Gasteiger partial charge in [0, 0.05) is 33.4 Å². The van der Waals surface area contributed by atoms with Gasteiger partial charge in [0.25, 0.3) is 0 Å². The summed E-state index contributed by atoms with van der Waals surface area (Å²) in [5, 5.41) is 32.2. The molecule has 0 saturated carbocycles. The minimum atomic E-state index is -0.117. The molecule has 0 aliphatic rings. The molecule has 0 heterocycles. The summed E-state index contributed by atoms with van der Waals surface area (Å²) in [6.07, 6.45) is 0. The van der Waals surface area contributed by atoms with Crippen molar-refractivity contribution in [3.8, 4) is 90.1 Å². The third kappa shape index (κ3) is 10.9. The van der Waals surface area contributed by atoms with Crippen LogP contribution >= 0.6 is 0 Å². The van der Waals surface area contributed by atoms with Crippen molar-refractivity contribution < 1.29 is 38.6 Å². The highest BCUT2D eigenvalue weighted by Gasteiger charge is 2.24. The topological polar surface area (TPSA) is 95.8 Å². The van der Waals surface area contributed by atoms with Crippen molar-refractivity contribution in [1.82, 2.24) is 0 Å². The second kappa shape index (κ2) is 25.1. The summed E-state index contributed by atoms with van der Waals surface area (Å²) in [5.74, 6) is 4.04. The van der Waals surface area contributed by atoms with Gasteiger partial charge in [-0.25, -0.2) is 0 Å². The number of ether oxygens (including phenoxy) is 6. The molecule has 0 spiro atoms. The first-order valence-corrected chi connectivity index (χ1v) is 29.9. The molecule has 8 nitrogen and oxygen atoms in total. The Hall–Kier alpha value is -10.6. The van der Waals surface area contributed by atoms with Gasteiger partial charge < -0.3 is 38.6 Å². The average molecular weight is 1150 g/mol. The van der Waals surface area contributed by atoms with Crippen molar-refractivity contribution in [2.45, 2.75) is 0 Å². The van der Waals surface area contributed by atoms with Gasteiger partial charge in [0.15, 0.2) is 0 Å². The molecular weight excluding hydrogens is 1090 g/mol. The number of fused-ring (bicyclic) bond motifs is 6. The average Bonchev–Trinajstić information content (AvgIpc) is 2.45. The van der Waals surface area contributed by atoms with Crippen LogP contribution < -0.4 is 28.4 Å². The molecule has 0 atom stereocenters. The summed E-state index contributed by atoms with van der Waals surface area (Å²) in [4.78, 5) is 0. The van der Waals surface area contributed by atoms with Crippen LogP contribution in [0.3, 0.4) is 0 Å². The van der Waals surface area contributed by atoms with Crippen molar-refractivity contribution in [1.29, 1.82) is 0 Å². The summed E-state index contributed by atoms with van der Waals surface area (Å²) in [6, 6.07) is 92.1. The quantitative estimate of drug-likeness (QED) is 0.0687. The lowest BCUT2D eigenvalue weighted by Gasteiger charge is -2.22. The fraction of sp³-hybridized carbons (Fsp3) is 0.100. The van der Waals surface area contributed by atoms with Gasteiger partial charge >= 0.3 is 0 Å². The first kappa shape index (κ1) is 55.2. The third-order valence-corrected chi connectivity index (χ3v) is 16.4. The monoisotopic (exact) mass is 1150 g/mol. The molecule has 0 saturated heterocycles. The van der Waals surface area contributed by atoms with E-state index >= 15 is 0 Å². The van der Waals surface area contributed by atoms with E-state index in [0.29, 0.717) is 34.5 Å². The minimum Gasteiger partial charge on any atom is -0.491 e. The molecule has 0 unspecified atom stereocenters. The van der Waals surface area contributed by atoms with Crippen LogP contribution in [0.2, 0.25) is 0 Å². The van der Waals surface area contributed by atoms with Gasteiger partial charge in [-0.3, -0.25) is 0 Å². The third-order valence-electron chi connectivity index (χ3n) is 16.4. The summed E-state index contributed by atoms with van der Waals surface area (Å²) < 4.78 is 40.5. The van der Waals surface area contributed by atoms with Crippen molar-refractivity contribution in [3.05, 3.63) is 267 Å². The molecule has 0 aliphatic heterocycles. The molecule has 0 aliphatic carbocycles. The molecule has 14 aromatic rings. The maximum Gasteiger partial charge on any atom is 0.128 e. The smallest absolute Gasteiger partial charge is 0.128 e. The van der Waals surface area contributed by atoms with Gasteiger partial charge in [-0.15, -0.1) is 0 Å². The molecule has 0 fully saturated rings. The van der Waals surface area contributed by atoms with E-state index in [4.69, 9.17) is 28.4 Å². The van der Waals surface area contributed by atoms with E-state index in [1.54, 1.807) is 0 Å². The fourth-order valence-corrected chi connectivity index (χ4v) is 12.4. The first-order chi connectivity index (χ1) is 43.6. The number of rotatable bonds is 21. The van der Waals surface area contributed by atoms with Gasteiger partial charge in [-0.05, 0) is 135 Å². The number of hydrogen-bond acceptors (Lipinski definition) is 8. The first-order valence-electron chi connectivity index (χ1n) is 29.9. The van der Waals surface area contributed by atoms with Crippen LogP contribution in [-0.4, -0.2) is 63.1 Å². The van der Waals surface area contributed by atoms with E-state index in [0.717, 1.165) is 120 Å². The van der Waals surface area contributed by atoms with Crippen molar-refractivity contribution in [2.75, 3.05) is 52.9 Å². The summed E-state index contributed by atoms with van der Waals surface area (Å²) >= 11 is 0. The van der Waals surface area contributed by atoms with Gasteiger partial charge in [0.1, 0.15) is 74.1 Å².